The Labute approximate surface area is 166 Å². The zero-order valence-electron chi connectivity index (χ0n) is 17.1. The number of hydrogen-bond donors (Lipinski definition) is 2. The highest BCUT2D eigenvalue weighted by Crippen LogP contribution is 2.11. The zero-order valence-corrected chi connectivity index (χ0v) is 17.1. The Morgan fingerprint density at radius 3 is 2.61 bits per heavy atom. The molecule has 0 aliphatic carbocycles. The van der Waals surface area contributed by atoms with Crippen LogP contribution in [0.25, 0.3) is 0 Å². The van der Waals surface area contributed by atoms with Gasteiger partial charge < -0.3 is 15.2 Å². The fraction of sp³-hybridized carbons (Fsp3) is 0.381. The van der Waals surface area contributed by atoms with Crippen molar-refractivity contribution in [1.82, 2.24) is 30.0 Å². The van der Waals surface area contributed by atoms with E-state index in [1.165, 1.54) is 16.8 Å². The highest BCUT2D eigenvalue weighted by atomic mass is 15.3. The monoisotopic (exact) mass is 379 g/mol. The van der Waals surface area contributed by atoms with Gasteiger partial charge in [-0.3, -0.25) is 9.67 Å². The number of benzene rings is 1. The molecule has 7 nitrogen and oxygen atoms in total. The summed E-state index contributed by atoms with van der Waals surface area (Å²) in [5, 5.41) is 11.2. The van der Waals surface area contributed by atoms with Crippen molar-refractivity contribution in [2.45, 2.75) is 33.4 Å². The first-order valence-electron chi connectivity index (χ1n) is 9.56. The second-order valence-corrected chi connectivity index (χ2v) is 6.83. The Hall–Kier alpha value is -3.09. The quantitative estimate of drug-likeness (QED) is 0.488. The van der Waals surface area contributed by atoms with Gasteiger partial charge in [0.2, 0.25) is 0 Å². The van der Waals surface area contributed by atoms with E-state index in [0.29, 0.717) is 6.54 Å². The topological polar surface area (TPSA) is 72.1 Å². The van der Waals surface area contributed by atoms with Gasteiger partial charge in [0.1, 0.15) is 5.82 Å². The number of hydrogen-bond acceptors (Lipinski definition) is 3. The molecular weight excluding hydrogens is 350 g/mol. The summed E-state index contributed by atoms with van der Waals surface area (Å²) in [6.07, 6.45) is 4.72. The number of aryl methyl sites for hydroxylation is 2. The summed E-state index contributed by atoms with van der Waals surface area (Å²) in [7, 11) is 3.76. The summed E-state index contributed by atoms with van der Waals surface area (Å²) >= 11 is 0. The van der Waals surface area contributed by atoms with E-state index in [4.69, 9.17) is 0 Å². The molecule has 0 amide bonds. The minimum absolute atomic E-state index is 0.702. The van der Waals surface area contributed by atoms with Crippen LogP contribution in [0.5, 0.6) is 0 Å². The predicted octanol–water partition coefficient (Wildman–Crippen LogP) is 2.19. The average Bonchev–Trinajstić information content (AvgIpc) is 3.23. The van der Waals surface area contributed by atoms with E-state index in [9.17, 15) is 0 Å². The second kappa shape index (κ2) is 9.21. The number of guanidine groups is 1. The Morgan fingerprint density at radius 2 is 1.93 bits per heavy atom. The summed E-state index contributed by atoms with van der Waals surface area (Å²) in [6, 6.07) is 10.4. The lowest BCUT2D eigenvalue weighted by molar-refractivity contribution is 0.693. The lowest BCUT2D eigenvalue weighted by Gasteiger charge is -2.13. The third kappa shape index (κ3) is 4.79. The van der Waals surface area contributed by atoms with Crippen molar-refractivity contribution >= 4 is 5.96 Å². The summed E-state index contributed by atoms with van der Waals surface area (Å²) < 4.78 is 4.10. The lowest BCUT2D eigenvalue weighted by atomic mass is 10.2. The molecule has 0 spiro atoms. The summed E-state index contributed by atoms with van der Waals surface area (Å²) in [4.78, 5) is 8.82. The number of imidazole rings is 1. The number of rotatable bonds is 7. The second-order valence-electron chi connectivity index (χ2n) is 6.83. The normalized spacial score (nSPS) is 11.6. The fourth-order valence-electron chi connectivity index (χ4n) is 3.25. The lowest BCUT2D eigenvalue weighted by Crippen LogP contribution is -2.38. The van der Waals surface area contributed by atoms with Crippen LogP contribution in [0, 0.1) is 13.8 Å². The molecule has 0 fully saturated rings. The van der Waals surface area contributed by atoms with Gasteiger partial charge in [-0.05, 0) is 19.4 Å². The first-order valence-corrected chi connectivity index (χ1v) is 9.56. The molecule has 28 heavy (non-hydrogen) atoms. The van der Waals surface area contributed by atoms with Crippen molar-refractivity contribution in [3.8, 4) is 0 Å². The molecule has 2 heterocycles. The Bertz CT molecular complexity index is 922. The van der Waals surface area contributed by atoms with Crippen molar-refractivity contribution in [3.63, 3.8) is 0 Å². The molecule has 2 N–H and O–H groups in total. The van der Waals surface area contributed by atoms with Crippen LogP contribution in [0.3, 0.4) is 0 Å². The highest BCUT2D eigenvalue weighted by molar-refractivity contribution is 5.79. The predicted molar refractivity (Wildman–Crippen MR) is 112 cm³/mol. The van der Waals surface area contributed by atoms with Gasteiger partial charge in [0, 0.05) is 63.8 Å². The Kier molecular flexibility index (Phi) is 6.47. The number of nitrogens with zero attached hydrogens (tertiary/aromatic N) is 5. The van der Waals surface area contributed by atoms with E-state index >= 15 is 0 Å². The molecule has 0 saturated carbocycles. The van der Waals surface area contributed by atoms with E-state index in [1.54, 1.807) is 7.05 Å². The minimum atomic E-state index is 0.702. The van der Waals surface area contributed by atoms with Crippen LogP contribution in [0.1, 0.15) is 28.3 Å². The number of aromatic nitrogens is 4. The number of aliphatic imine (C=N–C) groups is 1. The van der Waals surface area contributed by atoms with Gasteiger partial charge in [-0.15, -0.1) is 0 Å². The molecule has 2 aromatic heterocycles. The molecule has 1 aromatic carbocycles. The van der Waals surface area contributed by atoms with Gasteiger partial charge in [0.05, 0.1) is 5.69 Å². The van der Waals surface area contributed by atoms with Crippen molar-refractivity contribution in [3.05, 3.63) is 71.1 Å². The zero-order chi connectivity index (χ0) is 19.9. The summed E-state index contributed by atoms with van der Waals surface area (Å²) in [6.45, 7) is 6.42. The van der Waals surface area contributed by atoms with Crippen LogP contribution in [0.15, 0.2) is 47.7 Å². The molecular formula is C21H29N7. The molecule has 0 atom stereocenters. The molecule has 0 saturated heterocycles. The molecule has 0 bridgehead atoms. The molecule has 0 aliphatic rings. The largest absolute Gasteiger partial charge is 0.356 e. The third-order valence-electron chi connectivity index (χ3n) is 4.95. The van der Waals surface area contributed by atoms with Crippen LogP contribution < -0.4 is 10.6 Å². The molecule has 7 heteroatoms. The van der Waals surface area contributed by atoms with Gasteiger partial charge in [-0.25, -0.2) is 4.98 Å². The van der Waals surface area contributed by atoms with Crippen LogP contribution >= 0.6 is 0 Å². The molecule has 0 aliphatic heterocycles. The van der Waals surface area contributed by atoms with Gasteiger partial charge in [0.15, 0.2) is 5.96 Å². The maximum atomic E-state index is 4.51. The van der Waals surface area contributed by atoms with Crippen LogP contribution in [0.4, 0.5) is 0 Å². The Balaban J connectivity index is 1.51. The van der Waals surface area contributed by atoms with Crippen molar-refractivity contribution in [2.24, 2.45) is 12.0 Å². The maximum Gasteiger partial charge on any atom is 0.191 e. The first-order chi connectivity index (χ1) is 13.6. The first kappa shape index (κ1) is 19.7. The summed E-state index contributed by atoms with van der Waals surface area (Å²) in [5.41, 5.74) is 4.70. The standard InChI is InChI=1S/C21H29N7/c1-16-19(17(2)27(4)26-16)14-25-21(22-3)24-11-10-20-23-12-13-28(20)15-18-8-6-5-7-9-18/h5-9,12-13H,10-11,14-15H2,1-4H3,(H2,22,24,25). The Morgan fingerprint density at radius 1 is 1.14 bits per heavy atom. The minimum Gasteiger partial charge on any atom is -0.356 e. The fourth-order valence-corrected chi connectivity index (χ4v) is 3.25. The van der Waals surface area contributed by atoms with E-state index in [2.05, 4.69) is 61.5 Å². The van der Waals surface area contributed by atoms with Crippen molar-refractivity contribution < 1.29 is 0 Å². The third-order valence-corrected chi connectivity index (χ3v) is 4.95. The van der Waals surface area contributed by atoms with Crippen LogP contribution in [-0.4, -0.2) is 38.9 Å². The average molecular weight is 380 g/mol. The van der Waals surface area contributed by atoms with Gasteiger partial charge >= 0.3 is 0 Å². The molecule has 3 rings (SSSR count). The molecule has 148 valence electrons. The van der Waals surface area contributed by atoms with Gasteiger partial charge in [-0.2, -0.15) is 5.10 Å². The SMILES string of the molecule is CN=C(NCCc1nccn1Cc1ccccc1)NCc1c(C)nn(C)c1C. The highest BCUT2D eigenvalue weighted by Gasteiger charge is 2.10. The molecule has 3 aromatic rings. The van der Waals surface area contributed by atoms with Crippen molar-refractivity contribution in [1.29, 1.82) is 0 Å². The van der Waals surface area contributed by atoms with Crippen molar-refractivity contribution in [2.75, 3.05) is 13.6 Å². The van der Waals surface area contributed by atoms with E-state index in [1.807, 2.05) is 37.1 Å². The molecule has 0 radical (unpaired) electrons. The van der Waals surface area contributed by atoms with Crippen LogP contribution in [0.2, 0.25) is 0 Å². The van der Waals surface area contributed by atoms with E-state index < -0.39 is 0 Å². The van der Waals surface area contributed by atoms with E-state index in [0.717, 1.165) is 37.0 Å². The molecule has 0 unspecified atom stereocenters. The van der Waals surface area contributed by atoms with E-state index in [-0.39, 0.29) is 0 Å². The van der Waals surface area contributed by atoms with Crippen LogP contribution in [-0.2, 0) is 26.6 Å². The maximum absolute atomic E-state index is 4.51. The van der Waals surface area contributed by atoms with Gasteiger partial charge in [0.25, 0.3) is 0 Å². The van der Waals surface area contributed by atoms with Gasteiger partial charge in [-0.1, -0.05) is 30.3 Å². The summed E-state index contributed by atoms with van der Waals surface area (Å²) in [5.74, 6) is 1.84. The number of nitrogens with one attached hydrogen (secondary N) is 2. The smallest absolute Gasteiger partial charge is 0.191 e.